The molecule has 0 bridgehead atoms. The van der Waals surface area contributed by atoms with E-state index in [-0.39, 0.29) is 6.10 Å². The molecule has 1 N–H and O–H groups in total. The van der Waals surface area contributed by atoms with Crippen molar-refractivity contribution in [3.05, 3.63) is 0 Å². The maximum Gasteiger partial charge on any atom is 0.0665 e. The third kappa shape index (κ3) is 1.46. The van der Waals surface area contributed by atoms with Crippen molar-refractivity contribution in [3.63, 3.8) is 0 Å². The van der Waals surface area contributed by atoms with Crippen LogP contribution in [0.1, 0.15) is 25.7 Å². The molecule has 1 aliphatic rings. The zero-order valence-electron chi connectivity index (χ0n) is 4.81. The Morgan fingerprint density at radius 3 is 2.25 bits per heavy atom. The lowest BCUT2D eigenvalue weighted by Gasteiger charge is -2.21. The first kappa shape index (κ1) is 6.56. The predicted molar refractivity (Wildman–Crippen MR) is 37.2 cm³/mol. The molecule has 8 heavy (non-hydrogen) atoms. The zero-order chi connectivity index (χ0) is 5.98. The van der Waals surface area contributed by atoms with E-state index in [1.54, 1.807) is 0 Å². The van der Waals surface area contributed by atoms with E-state index in [0.29, 0.717) is 4.83 Å². The minimum atomic E-state index is -0.0799. The van der Waals surface area contributed by atoms with E-state index in [2.05, 4.69) is 15.9 Å². The van der Waals surface area contributed by atoms with Crippen LogP contribution < -0.4 is 0 Å². The highest BCUT2D eigenvalue weighted by Gasteiger charge is 2.19. The summed E-state index contributed by atoms with van der Waals surface area (Å²) in [4.78, 5) is 0.372. The van der Waals surface area contributed by atoms with Gasteiger partial charge in [-0.2, -0.15) is 0 Å². The fraction of sp³-hybridized carbons (Fsp3) is 1.00. The Hall–Kier alpha value is 0.440. The van der Waals surface area contributed by atoms with Crippen molar-refractivity contribution in [1.29, 1.82) is 0 Å². The lowest BCUT2D eigenvalue weighted by atomic mass is 9.98. The fourth-order valence-corrected chi connectivity index (χ4v) is 1.65. The number of alkyl halides is 1. The van der Waals surface area contributed by atoms with E-state index >= 15 is 0 Å². The molecule has 0 aromatic carbocycles. The van der Waals surface area contributed by atoms with E-state index in [1.165, 1.54) is 12.8 Å². The molecule has 1 aliphatic carbocycles. The molecule has 0 spiro atoms. The van der Waals surface area contributed by atoms with Gasteiger partial charge in [0, 0.05) is 4.83 Å². The standard InChI is InChI=1S/C6H11BrO/c7-5-3-1-2-4-6(5)8/h5-6,8H,1-4H2/t5-,6-/m0/s1. The molecule has 0 radical (unpaired) electrons. The van der Waals surface area contributed by atoms with Gasteiger partial charge in [0.2, 0.25) is 0 Å². The van der Waals surface area contributed by atoms with Crippen LogP contribution in [0.3, 0.4) is 0 Å². The molecule has 1 rings (SSSR count). The van der Waals surface area contributed by atoms with Gasteiger partial charge in [-0.25, -0.2) is 0 Å². The lowest BCUT2D eigenvalue weighted by molar-refractivity contribution is 0.139. The van der Waals surface area contributed by atoms with Gasteiger partial charge in [0.05, 0.1) is 6.10 Å². The molecule has 0 saturated heterocycles. The van der Waals surface area contributed by atoms with E-state index in [4.69, 9.17) is 5.11 Å². The molecular formula is C6H11BrO. The molecule has 0 aliphatic heterocycles. The molecule has 1 saturated carbocycles. The van der Waals surface area contributed by atoms with Crippen LogP contribution in [0, 0.1) is 0 Å². The summed E-state index contributed by atoms with van der Waals surface area (Å²) in [6.45, 7) is 0. The van der Waals surface area contributed by atoms with Crippen molar-refractivity contribution in [2.45, 2.75) is 36.6 Å². The highest BCUT2D eigenvalue weighted by molar-refractivity contribution is 9.09. The molecule has 48 valence electrons. The van der Waals surface area contributed by atoms with Gasteiger partial charge in [-0.15, -0.1) is 0 Å². The van der Waals surface area contributed by atoms with Crippen molar-refractivity contribution in [1.82, 2.24) is 0 Å². The van der Waals surface area contributed by atoms with Crippen LogP contribution in [0.5, 0.6) is 0 Å². The fourth-order valence-electron chi connectivity index (χ4n) is 1.07. The Morgan fingerprint density at radius 1 is 1.25 bits per heavy atom. The van der Waals surface area contributed by atoms with Crippen LogP contribution in [0.4, 0.5) is 0 Å². The molecule has 2 heteroatoms. The van der Waals surface area contributed by atoms with Crippen molar-refractivity contribution in [2.24, 2.45) is 0 Å². The second-order valence-corrected chi connectivity index (χ2v) is 3.54. The van der Waals surface area contributed by atoms with Crippen molar-refractivity contribution < 1.29 is 5.11 Å². The van der Waals surface area contributed by atoms with E-state index < -0.39 is 0 Å². The third-order valence-corrected chi connectivity index (χ3v) is 2.72. The molecular weight excluding hydrogens is 168 g/mol. The van der Waals surface area contributed by atoms with Crippen LogP contribution in [-0.4, -0.2) is 16.0 Å². The van der Waals surface area contributed by atoms with Gasteiger partial charge in [-0.05, 0) is 12.8 Å². The number of halogens is 1. The smallest absolute Gasteiger partial charge is 0.0665 e. The minimum absolute atomic E-state index is 0.0799. The Balaban J connectivity index is 2.28. The van der Waals surface area contributed by atoms with Gasteiger partial charge >= 0.3 is 0 Å². The van der Waals surface area contributed by atoms with Crippen molar-refractivity contribution in [3.8, 4) is 0 Å². The van der Waals surface area contributed by atoms with Crippen LogP contribution in [0.2, 0.25) is 0 Å². The molecule has 0 unspecified atom stereocenters. The molecule has 2 atom stereocenters. The summed E-state index contributed by atoms with van der Waals surface area (Å²) in [6, 6.07) is 0. The zero-order valence-corrected chi connectivity index (χ0v) is 6.39. The molecule has 0 heterocycles. The molecule has 1 fully saturated rings. The van der Waals surface area contributed by atoms with Crippen molar-refractivity contribution >= 4 is 15.9 Å². The second kappa shape index (κ2) is 2.83. The molecule has 0 aromatic rings. The molecule has 0 amide bonds. The van der Waals surface area contributed by atoms with Crippen LogP contribution >= 0.6 is 15.9 Å². The predicted octanol–water partition coefficient (Wildman–Crippen LogP) is 1.68. The summed E-state index contributed by atoms with van der Waals surface area (Å²) in [5.74, 6) is 0. The number of rotatable bonds is 0. The summed E-state index contributed by atoms with van der Waals surface area (Å²) in [5.41, 5.74) is 0. The SMILES string of the molecule is O[C@H]1CCCC[C@@H]1Br. The van der Waals surface area contributed by atoms with Crippen LogP contribution in [0.15, 0.2) is 0 Å². The first-order chi connectivity index (χ1) is 3.80. The van der Waals surface area contributed by atoms with Crippen molar-refractivity contribution in [2.75, 3.05) is 0 Å². The monoisotopic (exact) mass is 178 g/mol. The number of hydrogen-bond acceptors (Lipinski definition) is 1. The average Bonchev–Trinajstić information content (AvgIpc) is 1.77. The highest BCUT2D eigenvalue weighted by Crippen LogP contribution is 2.23. The van der Waals surface area contributed by atoms with Gasteiger partial charge in [0.25, 0.3) is 0 Å². The summed E-state index contributed by atoms with van der Waals surface area (Å²) in [7, 11) is 0. The van der Waals surface area contributed by atoms with Gasteiger partial charge in [-0.1, -0.05) is 28.8 Å². The van der Waals surface area contributed by atoms with Crippen LogP contribution in [-0.2, 0) is 0 Å². The quantitative estimate of drug-likeness (QED) is 0.561. The lowest BCUT2D eigenvalue weighted by Crippen LogP contribution is -2.23. The summed E-state index contributed by atoms with van der Waals surface area (Å²) in [6.07, 6.45) is 4.51. The average molecular weight is 179 g/mol. The van der Waals surface area contributed by atoms with E-state index in [1.807, 2.05) is 0 Å². The van der Waals surface area contributed by atoms with Gasteiger partial charge in [0.1, 0.15) is 0 Å². The first-order valence-electron chi connectivity index (χ1n) is 3.13. The topological polar surface area (TPSA) is 20.2 Å². The Morgan fingerprint density at radius 2 is 1.88 bits per heavy atom. The van der Waals surface area contributed by atoms with Crippen LogP contribution in [0.25, 0.3) is 0 Å². The summed E-state index contributed by atoms with van der Waals surface area (Å²) in [5, 5.41) is 9.13. The third-order valence-electron chi connectivity index (χ3n) is 1.65. The van der Waals surface area contributed by atoms with E-state index in [0.717, 1.165) is 12.8 Å². The first-order valence-corrected chi connectivity index (χ1v) is 4.04. The molecule has 0 aromatic heterocycles. The number of aliphatic hydroxyl groups is 1. The maximum atomic E-state index is 9.13. The van der Waals surface area contributed by atoms with Gasteiger partial charge < -0.3 is 5.11 Å². The maximum absolute atomic E-state index is 9.13. The second-order valence-electron chi connectivity index (χ2n) is 2.37. The number of hydrogen-bond donors (Lipinski definition) is 1. The van der Waals surface area contributed by atoms with E-state index in [9.17, 15) is 0 Å². The highest BCUT2D eigenvalue weighted by atomic mass is 79.9. The largest absolute Gasteiger partial charge is 0.392 e. The number of aliphatic hydroxyl groups excluding tert-OH is 1. The Bertz CT molecular complexity index is 64.9. The van der Waals surface area contributed by atoms with Gasteiger partial charge in [-0.3, -0.25) is 0 Å². The minimum Gasteiger partial charge on any atom is -0.392 e. The Kier molecular flexibility index (Phi) is 2.32. The molecule has 1 nitrogen and oxygen atoms in total. The summed E-state index contributed by atoms with van der Waals surface area (Å²) < 4.78 is 0. The summed E-state index contributed by atoms with van der Waals surface area (Å²) >= 11 is 3.40. The van der Waals surface area contributed by atoms with Gasteiger partial charge in [0.15, 0.2) is 0 Å². The Labute approximate surface area is 58.2 Å². The normalized spacial score (nSPS) is 39.8.